The van der Waals surface area contributed by atoms with Crippen molar-refractivity contribution in [1.29, 1.82) is 0 Å². The molecule has 3 rings (SSSR count). The molecule has 3 N–H and O–H groups in total. The molecule has 0 atom stereocenters. The second kappa shape index (κ2) is 10.2. The van der Waals surface area contributed by atoms with Gasteiger partial charge in [0.25, 0.3) is 11.8 Å². The first kappa shape index (κ1) is 23.2. The predicted octanol–water partition coefficient (Wildman–Crippen LogP) is 5.06. The van der Waals surface area contributed by atoms with Gasteiger partial charge in [0.1, 0.15) is 0 Å². The Morgan fingerprint density at radius 1 is 0.812 bits per heavy atom. The zero-order valence-corrected chi connectivity index (χ0v) is 19.2. The van der Waals surface area contributed by atoms with Crippen molar-refractivity contribution in [2.75, 3.05) is 17.2 Å². The van der Waals surface area contributed by atoms with Gasteiger partial charge in [-0.1, -0.05) is 39.0 Å². The molecule has 2 aromatic carbocycles. The Morgan fingerprint density at radius 3 is 2.00 bits per heavy atom. The Kier molecular flexibility index (Phi) is 7.43. The molecule has 0 aliphatic rings. The van der Waals surface area contributed by atoms with E-state index in [0.717, 1.165) is 5.56 Å². The average Bonchev–Trinajstić information content (AvgIpc) is 3.30. The molecule has 0 bridgehead atoms. The Morgan fingerprint density at radius 2 is 1.44 bits per heavy atom. The minimum atomic E-state index is -0.205. The van der Waals surface area contributed by atoms with Gasteiger partial charge in [0.15, 0.2) is 0 Å². The molecule has 0 unspecified atom stereocenters. The summed E-state index contributed by atoms with van der Waals surface area (Å²) in [5, 5.41) is 10.2. The fourth-order valence-electron chi connectivity index (χ4n) is 2.97. The molecule has 0 aliphatic carbocycles. The van der Waals surface area contributed by atoms with Crippen LogP contribution in [0, 0.1) is 0 Å². The van der Waals surface area contributed by atoms with Gasteiger partial charge in [-0.2, -0.15) is 0 Å². The molecule has 0 saturated carbocycles. The summed E-state index contributed by atoms with van der Waals surface area (Å²) in [5.41, 5.74) is 3.02. The Bertz CT molecular complexity index is 1070. The summed E-state index contributed by atoms with van der Waals surface area (Å²) in [4.78, 5) is 37.2. The normalized spacial score (nSPS) is 11.0. The van der Waals surface area contributed by atoms with Crippen molar-refractivity contribution in [3.05, 3.63) is 82.0 Å². The van der Waals surface area contributed by atoms with Gasteiger partial charge in [-0.05, 0) is 58.8 Å². The van der Waals surface area contributed by atoms with Crippen molar-refractivity contribution in [2.45, 2.75) is 32.6 Å². The van der Waals surface area contributed by atoms with E-state index in [4.69, 9.17) is 0 Å². The van der Waals surface area contributed by atoms with Crippen LogP contribution in [-0.2, 0) is 10.2 Å². The first-order valence-electron chi connectivity index (χ1n) is 10.4. The van der Waals surface area contributed by atoms with Crippen molar-refractivity contribution in [1.82, 2.24) is 5.32 Å². The highest BCUT2D eigenvalue weighted by Gasteiger charge is 2.14. The lowest BCUT2D eigenvalue weighted by Gasteiger charge is -2.19. The fourth-order valence-corrected chi connectivity index (χ4v) is 3.59. The number of benzene rings is 2. The van der Waals surface area contributed by atoms with E-state index in [-0.39, 0.29) is 36.1 Å². The molecular formula is C25H27N3O3S. The standard InChI is InChI=1S/C25H27N3O3S/c1-25(2,3)18-8-6-17(7-9-18)23(30)26-15-14-22(29)27-19-10-12-20(13-11-19)28-24(31)21-5-4-16-32-21/h4-13,16H,14-15H2,1-3H3,(H,26,30)(H,27,29)(H,28,31). The van der Waals surface area contributed by atoms with Gasteiger partial charge in [0.05, 0.1) is 4.88 Å². The van der Waals surface area contributed by atoms with Crippen molar-refractivity contribution >= 4 is 40.4 Å². The SMILES string of the molecule is CC(C)(C)c1ccc(C(=O)NCCC(=O)Nc2ccc(NC(=O)c3cccs3)cc2)cc1. The Balaban J connectivity index is 1.42. The van der Waals surface area contributed by atoms with Crippen molar-refractivity contribution in [2.24, 2.45) is 0 Å². The third-order valence-electron chi connectivity index (χ3n) is 4.82. The summed E-state index contributed by atoms with van der Waals surface area (Å²) in [6, 6.07) is 18.0. The van der Waals surface area contributed by atoms with E-state index in [2.05, 4.69) is 36.7 Å². The molecular weight excluding hydrogens is 422 g/mol. The molecule has 3 aromatic rings. The van der Waals surface area contributed by atoms with Crippen LogP contribution in [0.25, 0.3) is 0 Å². The van der Waals surface area contributed by atoms with E-state index in [1.54, 1.807) is 42.5 Å². The summed E-state index contributed by atoms with van der Waals surface area (Å²) in [5.74, 6) is -0.576. The van der Waals surface area contributed by atoms with Crippen molar-refractivity contribution in [3.8, 4) is 0 Å². The Hall–Kier alpha value is -3.45. The molecule has 0 saturated heterocycles. The molecule has 166 valence electrons. The molecule has 0 spiro atoms. The van der Waals surface area contributed by atoms with E-state index in [0.29, 0.717) is 21.8 Å². The zero-order chi connectivity index (χ0) is 23.1. The number of nitrogens with one attached hydrogen (secondary N) is 3. The number of hydrogen-bond donors (Lipinski definition) is 3. The van der Waals surface area contributed by atoms with Crippen LogP contribution in [0.15, 0.2) is 66.0 Å². The van der Waals surface area contributed by atoms with Crippen LogP contribution < -0.4 is 16.0 Å². The quantitative estimate of drug-likeness (QED) is 0.471. The maximum atomic E-state index is 12.3. The van der Waals surface area contributed by atoms with E-state index in [1.807, 2.05) is 23.6 Å². The van der Waals surface area contributed by atoms with Crippen molar-refractivity contribution < 1.29 is 14.4 Å². The van der Waals surface area contributed by atoms with E-state index < -0.39 is 0 Å². The highest BCUT2D eigenvalue weighted by atomic mass is 32.1. The van der Waals surface area contributed by atoms with Gasteiger partial charge in [-0.15, -0.1) is 11.3 Å². The van der Waals surface area contributed by atoms with Crippen LogP contribution in [0.2, 0.25) is 0 Å². The first-order chi connectivity index (χ1) is 15.2. The van der Waals surface area contributed by atoms with Gasteiger partial charge in [-0.25, -0.2) is 0 Å². The number of carbonyl (C=O) groups excluding carboxylic acids is 3. The first-order valence-corrected chi connectivity index (χ1v) is 11.2. The van der Waals surface area contributed by atoms with Crippen LogP contribution in [-0.4, -0.2) is 24.3 Å². The molecule has 0 fully saturated rings. The molecule has 6 nitrogen and oxygen atoms in total. The Labute approximate surface area is 192 Å². The summed E-state index contributed by atoms with van der Waals surface area (Å²) in [6.45, 7) is 6.60. The smallest absolute Gasteiger partial charge is 0.265 e. The minimum Gasteiger partial charge on any atom is -0.352 e. The summed E-state index contributed by atoms with van der Waals surface area (Å²) >= 11 is 1.37. The second-order valence-electron chi connectivity index (χ2n) is 8.39. The average molecular weight is 450 g/mol. The number of anilines is 2. The number of thiophene rings is 1. The fraction of sp³-hybridized carbons (Fsp3) is 0.240. The molecule has 1 heterocycles. The van der Waals surface area contributed by atoms with Crippen LogP contribution >= 0.6 is 11.3 Å². The maximum absolute atomic E-state index is 12.3. The predicted molar refractivity (Wildman–Crippen MR) is 129 cm³/mol. The van der Waals surface area contributed by atoms with E-state index >= 15 is 0 Å². The summed E-state index contributed by atoms with van der Waals surface area (Å²) in [6.07, 6.45) is 0.155. The lowest BCUT2D eigenvalue weighted by Crippen LogP contribution is -2.27. The minimum absolute atomic E-state index is 0.0287. The monoisotopic (exact) mass is 449 g/mol. The molecule has 7 heteroatoms. The number of amides is 3. The second-order valence-corrected chi connectivity index (χ2v) is 9.34. The number of hydrogen-bond acceptors (Lipinski definition) is 4. The largest absolute Gasteiger partial charge is 0.352 e. The van der Waals surface area contributed by atoms with Gasteiger partial charge < -0.3 is 16.0 Å². The van der Waals surface area contributed by atoms with Crippen LogP contribution in [0.5, 0.6) is 0 Å². The number of carbonyl (C=O) groups is 3. The van der Waals surface area contributed by atoms with Crippen LogP contribution in [0.1, 0.15) is 52.8 Å². The third-order valence-corrected chi connectivity index (χ3v) is 5.69. The van der Waals surface area contributed by atoms with E-state index in [1.165, 1.54) is 11.3 Å². The number of rotatable bonds is 7. The van der Waals surface area contributed by atoms with Crippen LogP contribution in [0.4, 0.5) is 11.4 Å². The maximum Gasteiger partial charge on any atom is 0.265 e. The topological polar surface area (TPSA) is 87.3 Å². The lowest BCUT2D eigenvalue weighted by atomic mass is 9.87. The van der Waals surface area contributed by atoms with Gasteiger partial charge >= 0.3 is 0 Å². The summed E-state index contributed by atoms with van der Waals surface area (Å²) in [7, 11) is 0. The summed E-state index contributed by atoms with van der Waals surface area (Å²) < 4.78 is 0. The molecule has 3 amide bonds. The van der Waals surface area contributed by atoms with Crippen LogP contribution in [0.3, 0.4) is 0 Å². The zero-order valence-electron chi connectivity index (χ0n) is 18.4. The van der Waals surface area contributed by atoms with E-state index in [9.17, 15) is 14.4 Å². The third kappa shape index (κ3) is 6.52. The van der Waals surface area contributed by atoms with Gasteiger partial charge in [-0.3, -0.25) is 14.4 Å². The van der Waals surface area contributed by atoms with Gasteiger partial charge in [0.2, 0.25) is 5.91 Å². The highest BCUT2D eigenvalue weighted by Crippen LogP contribution is 2.22. The lowest BCUT2D eigenvalue weighted by molar-refractivity contribution is -0.116. The highest BCUT2D eigenvalue weighted by molar-refractivity contribution is 7.12. The van der Waals surface area contributed by atoms with Gasteiger partial charge in [0, 0.05) is 29.9 Å². The molecule has 32 heavy (non-hydrogen) atoms. The molecule has 1 aromatic heterocycles. The molecule has 0 aliphatic heterocycles. The molecule has 0 radical (unpaired) electrons. The van der Waals surface area contributed by atoms with Crippen molar-refractivity contribution in [3.63, 3.8) is 0 Å².